The fourth-order valence-electron chi connectivity index (χ4n) is 1.87. The van der Waals surface area contributed by atoms with Crippen LogP contribution in [0.15, 0.2) is 30.3 Å². The molecule has 0 bridgehead atoms. The minimum atomic E-state index is -1.14. The molecular formula is C15H10O5. The molecule has 0 spiro atoms. The van der Waals surface area contributed by atoms with Crippen molar-refractivity contribution in [2.75, 3.05) is 6.61 Å². The number of hydrogen-bond donors (Lipinski definition) is 2. The Bertz CT molecular complexity index is 740. The zero-order valence-electron chi connectivity index (χ0n) is 10.3. The summed E-state index contributed by atoms with van der Waals surface area (Å²) in [5, 5.41) is 19.2. The molecule has 100 valence electrons. The van der Waals surface area contributed by atoms with Crippen molar-refractivity contribution in [1.29, 1.82) is 0 Å². The van der Waals surface area contributed by atoms with Crippen molar-refractivity contribution in [3.8, 4) is 18.1 Å². The molecule has 0 unspecified atom stereocenters. The average Bonchev–Trinajstić information content (AvgIpc) is 2.43. The van der Waals surface area contributed by atoms with Crippen molar-refractivity contribution in [3.05, 3.63) is 41.5 Å². The Kier molecular flexibility index (Phi) is 3.58. The maximum atomic E-state index is 11.2. The number of ether oxygens (including phenoxy) is 1. The van der Waals surface area contributed by atoms with Gasteiger partial charge in [0.05, 0.1) is 5.56 Å². The highest BCUT2D eigenvalue weighted by atomic mass is 16.5. The molecule has 2 aromatic carbocycles. The minimum Gasteiger partial charge on any atom is -0.479 e. The Labute approximate surface area is 114 Å². The normalized spacial score (nSPS) is 9.95. The van der Waals surface area contributed by atoms with Gasteiger partial charge in [-0.05, 0) is 29.7 Å². The fourth-order valence-corrected chi connectivity index (χ4v) is 1.87. The Hall–Kier alpha value is -3.00. The second kappa shape index (κ2) is 5.33. The van der Waals surface area contributed by atoms with Crippen LogP contribution in [0, 0.1) is 12.3 Å². The molecule has 0 atom stereocenters. The lowest BCUT2D eigenvalue weighted by molar-refractivity contribution is 0.0683. The van der Waals surface area contributed by atoms with Gasteiger partial charge in [-0.3, -0.25) is 0 Å². The summed E-state index contributed by atoms with van der Waals surface area (Å²) in [6.45, 7) is -0.0694. The molecule has 0 fully saturated rings. The van der Waals surface area contributed by atoms with E-state index in [9.17, 15) is 9.59 Å². The molecule has 0 aliphatic heterocycles. The van der Waals surface area contributed by atoms with E-state index >= 15 is 0 Å². The molecule has 0 radical (unpaired) electrons. The van der Waals surface area contributed by atoms with Crippen LogP contribution in [-0.2, 0) is 0 Å². The third-order valence-corrected chi connectivity index (χ3v) is 2.75. The summed E-state index contributed by atoms with van der Waals surface area (Å²) >= 11 is 0. The number of carboxylic acid groups (broad SMARTS) is 2. The molecule has 2 aromatic rings. The molecule has 0 amide bonds. The third kappa shape index (κ3) is 2.40. The lowest BCUT2D eigenvalue weighted by atomic mass is 10.0. The molecule has 5 nitrogen and oxygen atoms in total. The Balaban J connectivity index is 2.68. The summed E-state index contributed by atoms with van der Waals surface area (Å²) in [6, 6.07) is 7.25. The van der Waals surface area contributed by atoms with Gasteiger partial charge in [-0.25, -0.2) is 9.59 Å². The Morgan fingerprint density at radius 1 is 1.15 bits per heavy atom. The van der Waals surface area contributed by atoms with Gasteiger partial charge in [-0.1, -0.05) is 12.0 Å². The van der Waals surface area contributed by atoms with Gasteiger partial charge >= 0.3 is 11.9 Å². The summed E-state index contributed by atoms with van der Waals surface area (Å²) in [6.07, 6.45) is 5.11. The van der Waals surface area contributed by atoms with Gasteiger partial charge in [0.15, 0.2) is 0 Å². The topological polar surface area (TPSA) is 83.8 Å². The molecule has 2 N–H and O–H groups in total. The van der Waals surface area contributed by atoms with Gasteiger partial charge in [0.25, 0.3) is 0 Å². The van der Waals surface area contributed by atoms with E-state index in [1.807, 2.05) is 0 Å². The quantitative estimate of drug-likeness (QED) is 0.832. The van der Waals surface area contributed by atoms with Crippen LogP contribution in [0.25, 0.3) is 10.8 Å². The van der Waals surface area contributed by atoms with Crippen molar-refractivity contribution in [2.45, 2.75) is 0 Å². The zero-order chi connectivity index (χ0) is 14.7. The largest absolute Gasteiger partial charge is 0.479 e. The van der Waals surface area contributed by atoms with Crippen LogP contribution in [0.4, 0.5) is 0 Å². The molecule has 0 heterocycles. The van der Waals surface area contributed by atoms with Gasteiger partial charge in [0.1, 0.15) is 17.9 Å². The molecule has 0 aliphatic carbocycles. The van der Waals surface area contributed by atoms with Crippen LogP contribution in [0.5, 0.6) is 5.75 Å². The predicted molar refractivity (Wildman–Crippen MR) is 72.2 cm³/mol. The Morgan fingerprint density at radius 3 is 2.50 bits per heavy atom. The molecule has 0 aliphatic rings. The lowest BCUT2D eigenvalue weighted by Gasteiger charge is -2.11. The lowest BCUT2D eigenvalue weighted by Crippen LogP contribution is -2.04. The molecule has 20 heavy (non-hydrogen) atoms. The van der Waals surface area contributed by atoms with Gasteiger partial charge < -0.3 is 14.9 Å². The first-order valence-corrected chi connectivity index (χ1v) is 5.64. The van der Waals surface area contributed by atoms with Crippen LogP contribution in [0.2, 0.25) is 0 Å². The highest BCUT2D eigenvalue weighted by Crippen LogP contribution is 2.30. The number of rotatable bonds is 4. The fraction of sp³-hybridized carbons (Fsp3) is 0.0667. The first-order valence-electron chi connectivity index (χ1n) is 5.64. The maximum absolute atomic E-state index is 11.2. The summed E-state index contributed by atoms with van der Waals surface area (Å²) in [4.78, 5) is 22.1. The SMILES string of the molecule is C#CCOc1c(C(=O)O)ccc2cc(C(=O)O)ccc12. The number of aromatic carboxylic acids is 2. The zero-order valence-corrected chi connectivity index (χ0v) is 10.3. The molecular weight excluding hydrogens is 260 g/mol. The summed E-state index contributed by atoms with van der Waals surface area (Å²) in [5.74, 6) is 0.218. The third-order valence-electron chi connectivity index (χ3n) is 2.75. The van der Waals surface area contributed by atoms with Crippen LogP contribution >= 0.6 is 0 Å². The first kappa shape index (κ1) is 13.4. The van der Waals surface area contributed by atoms with E-state index in [0.717, 1.165) is 0 Å². The highest BCUT2D eigenvalue weighted by Gasteiger charge is 2.15. The first-order chi connectivity index (χ1) is 9.54. The minimum absolute atomic E-state index is 0.0178. The van der Waals surface area contributed by atoms with Crippen LogP contribution in [0.3, 0.4) is 0 Å². The predicted octanol–water partition coefficient (Wildman–Crippen LogP) is 2.25. The standard InChI is InChI=1S/C15H10O5/c1-2-7-20-13-11-5-4-10(14(16)17)8-9(11)3-6-12(13)15(18)19/h1,3-6,8H,7H2,(H,16,17)(H,18,19). The van der Waals surface area contributed by atoms with E-state index < -0.39 is 11.9 Å². The van der Waals surface area contributed by atoms with E-state index in [-0.39, 0.29) is 23.5 Å². The van der Waals surface area contributed by atoms with Gasteiger partial charge in [-0.2, -0.15) is 0 Å². The average molecular weight is 270 g/mol. The van der Waals surface area contributed by atoms with Crippen molar-refractivity contribution in [3.63, 3.8) is 0 Å². The van der Waals surface area contributed by atoms with Gasteiger partial charge in [0, 0.05) is 5.39 Å². The van der Waals surface area contributed by atoms with E-state index in [2.05, 4.69) is 5.92 Å². The van der Waals surface area contributed by atoms with Crippen LogP contribution in [-0.4, -0.2) is 28.8 Å². The smallest absolute Gasteiger partial charge is 0.339 e. The molecule has 5 heteroatoms. The molecule has 0 aromatic heterocycles. The van der Waals surface area contributed by atoms with Crippen molar-refractivity contribution in [1.82, 2.24) is 0 Å². The van der Waals surface area contributed by atoms with E-state index in [0.29, 0.717) is 10.8 Å². The van der Waals surface area contributed by atoms with E-state index in [4.69, 9.17) is 21.4 Å². The van der Waals surface area contributed by atoms with Crippen LogP contribution in [0.1, 0.15) is 20.7 Å². The Morgan fingerprint density at radius 2 is 1.90 bits per heavy atom. The molecule has 0 saturated carbocycles. The highest BCUT2D eigenvalue weighted by molar-refractivity contribution is 6.02. The number of carbonyl (C=O) groups is 2. The number of benzene rings is 2. The second-order valence-electron chi connectivity index (χ2n) is 3.98. The summed E-state index contributed by atoms with van der Waals surface area (Å²) in [7, 11) is 0. The number of terminal acetylenes is 1. The van der Waals surface area contributed by atoms with Crippen molar-refractivity contribution >= 4 is 22.7 Å². The molecule has 0 saturated heterocycles. The van der Waals surface area contributed by atoms with Gasteiger partial charge in [-0.15, -0.1) is 6.42 Å². The molecule has 2 rings (SSSR count). The number of hydrogen-bond acceptors (Lipinski definition) is 3. The van der Waals surface area contributed by atoms with E-state index in [1.54, 1.807) is 0 Å². The summed E-state index contributed by atoms with van der Waals surface area (Å²) in [5.41, 5.74) is 0.0966. The van der Waals surface area contributed by atoms with Crippen molar-refractivity contribution in [2.24, 2.45) is 0 Å². The second-order valence-corrected chi connectivity index (χ2v) is 3.98. The number of fused-ring (bicyclic) bond motifs is 1. The number of carboxylic acids is 2. The van der Waals surface area contributed by atoms with Crippen molar-refractivity contribution < 1.29 is 24.5 Å². The van der Waals surface area contributed by atoms with Gasteiger partial charge in [0.2, 0.25) is 0 Å². The van der Waals surface area contributed by atoms with Crippen LogP contribution < -0.4 is 4.74 Å². The summed E-state index contributed by atoms with van der Waals surface area (Å²) < 4.78 is 5.30. The maximum Gasteiger partial charge on any atom is 0.339 e. The van der Waals surface area contributed by atoms with E-state index in [1.165, 1.54) is 30.3 Å². The monoisotopic (exact) mass is 270 g/mol.